The Bertz CT molecular complexity index is 1040. The maximum atomic E-state index is 13.0. The Balaban J connectivity index is 1.69. The highest BCUT2D eigenvalue weighted by molar-refractivity contribution is 6.44. The maximum absolute atomic E-state index is 13.0. The number of carboxylic acid groups (broad SMARTS) is 1. The molecule has 7 heteroatoms. The van der Waals surface area contributed by atoms with Crippen molar-refractivity contribution in [2.24, 2.45) is 11.7 Å². The summed E-state index contributed by atoms with van der Waals surface area (Å²) >= 11 is 0. The highest BCUT2D eigenvalue weighted by atomic mass is 16.5. The Morgan fingerprint density at radius 3 is 2.68 bits per heavy atom. The minimum Gasteiger partial charge on any atom is -0.497 e. The largest absolute Gasteiger partial charge is 0.497 e. The Morgan fingerprint density at radius 1 is 1.16 bits per heavy atom. The van der Waals surface area contributed by atoms with E-state index in [-0.39, 0.29) is 17.5 Å². The number of carboxylic acids is 1. The zero-order valence-electron chi connectivity index (χ0n) is 17.3. The highest BCUT2D eigenvalue weighted by Gasteiger charge is 2.53. The second-order valence-corrected chi connectivity index (χ2v) is 8.42. The van der Waals surface area contributed by atoms with Crippen molar-refractivity contribution in [3.8, 4) is 5.75 Å². The van der Waals surface area contributed by atoms with Crippen LogP contribution in [0.5, 0.6) is 5.75 Å². The average Bonchev–Trinajstić information content (AvgIpc) is 3.24. The fraction of sp³-hybridized carbons (Fsp3) is 0.375. The molecule has 0 amide bonds. The van der Waals surface area contributed by atoms with E-state index in [0.717, 1.165) is 30.5 Å². The van der Waals surface area contributed by atoms with Gasteiger partial charge in [0.25, 0.3) is 0 Å². The Labute approximate surface area is 180 Å². The number of carbonyl (C=O) groups excluding carboxylic acids is 2. The van der Waals surface area contributed by atoms with Gasteiger partial charge >= 0.3 is 5.97 Å². The molecule has 0 saturated heterocycles. The number of rotatable bonds is 7. The van der Waals surface area contributed by atoms with Gasteiger partial charge in [0.15, 0.2) is 0 Å². The quantitative estimate of drug-likeness (QED) is 0.464. The summed E-state index contributed by atoms with van der Waals surface area (Å²) in [6, 6.07) is 13.8. The molecule has 4 rings (SSSR count). The summed E-state index contributed by atoms with van der Waals surface area (Å²) in [5, 5.41) is 13.7. The summed E-state index contributed by atoms with van der Waals surface area (Å²) in [7, 11) is 1.47. The molecule has 4 atom stereocenters. The first-order valence-corrected chi connectivity index (χ1v) is 10.4. The molecule has 2 aromatic carbocycles. The van der Waals surface area contributed by atoms with Gasteiger partial charge in [0.2, 0.25) is 11.6 Å². The molecule has 1 aliphatic carbocycles. The van der Waals surface area contributed by atoms with Crippen LogP contribution < -0.4 is 15.8 Å². The van der Waals surface area contributed by atoms with E-state index in [1.54, 1.807) is 12.1 Å². The number of hydrogen-bond acceptors (Lipinski definition) is 6. The van der Waals surface area contributed by atoms with Gasteiger partial charge in [-0.25, -0.2) is 0 Å². The van der Waals surface area contributed by atoms with E-state index in [1.165, 1.54) is 19.2 Å². The number of hydrogen-bond donors (Lipinski definition) is 3. The topological polar surface area (TPSA) is 119 Å². The molecule has 1 saturated carbocycles. The van der Waals surface area contributed by atoms with Crippen molar-refractivity contribution in [1.29, 1.82) is 0 Å². The van der Waals surface area contributed by atoms with Crippen LogP contribution in [0.25, 0.3) is 0 Å². The van der Waals surface area contributed by atoms with Crippen molar-refractivity contribution in [3.05, 3.63) is 59.7 Å². The van der Waals surface area contributed by atoms with Crippen molar-refractivity contribution in [3.63, 3.8) is 0 Å². The van der Waals surface area contributed by atoms with Gasteiger partial charge in [0.05, 0.1) is 7.11 Å². The van der Waals surface area contributed by atoms with Gasteiger partial charge in [-0.1, -0.05) is 36.8 Å². The van der Waals surface area contributed by atoms with Gasteiger partial charge in [0, 0.05) is 29.6 Å². The standard InChI is InChI=1S/C24H26N2O5/c1-31-15-7-4-6-14(12-15)22(28)20(27)13-24(25,23(29)30)21-16-8-2-3-10-18(16)26-19-11-5-9-17(19)21/h2-4,6-8,10,12,17,19,21,26H,5,9,11,13,25H2,1H3,(H,29,30)/t17-,19+,21?,24?/m0/s1. The first-order valence-electron chi connectivity index (χ1n) is 10.4. The molecule has 2 unspecified atom stereocenters. The number of nitrogens with two attached hydrogens (primary N) is 1. The molecule has 1 fully saturated rings. The van der Waals surface area contributed by atoms with Crippen LogP contribution in [0.4, 0.5) is 5.69 Å². The lowest BCUT2D eigenvalue weighted by Gasteiger charge is -2.44. The second kappa shape index (κ2) is 8.15. The molecule has 7 nitrogen and oxygen atoms in total. The molecule has 1 heterocycles. The molecule has 0 spiro atoms. The summed E-state index contributed by atoms with van der Waals surface area (Å²) in [5.74, 6) is -3.00. The minimum atomic E-state index is -1.89. The third-order valence-electron chi connectivity index (χ3n) is 6.63. The lowest BCUT2D eigenvalue weighted by molar-refractivity contribution is -0.146. The number of methoxy groups -OCH3 is 1. The van der Waals surface area contributed by atoms with Crippen LogP contribution in [0.3, 0.4) is 0 Å². The zero-order valence-corrected chi connectivity index (χ0v) is 17.3. The molecule has 2 aromatic rings. The smallest absolute Gasteiger partial charge is 0.324 e. The number of nitrogens with one attached hydrogen (secondary N) is 1. The van der Waals surface area contributed by atoms with Gasteiger partial charge in [-0.2, -0.15) is 0 Å². The van der Waals surface area contributed by atoms with Crippen molar-refractivity contribution >= 4 is 23.2 Å². The molecule has 0 aromatic heterocycles. The van der Waals surface area contributed by atoms with Crippen molar-refractivity contribution in [2.75, 3.05) is 12.4 Å². The molecule has 1 aliphatic heterocycles. The van der Waals surface area contributed by atoms with Crippen LogP contribution in [-0.2, 0) is 9.59 Å². The van der Waals surface area contributed by atoms with Gasteiger partial charge < -0.3 is 20.9 Å². The summed E-state index contributed by atoms with van der Waals surface area (Å²) in [6.45, 7) is 0. The molecular formula is C24H26N2O5. The number of ketones is 2. The third kappa shape index (κ3) is 3.70. The second-order valence-electron chi connectivity index (χ2n) is 8.42. The minimum absolute atomic E-state index is 0.0179. The number of fused-ring (bicyclic) bond motifs is 2. The molecular weight excluding hydrogens is 396 g/mol. The predicted molar refractivity (Wildman–Crippen MR) is 115 cm³/mol. The fourth-order valence-corrected chi connectivity index (χ4v) is 5.15. The zero-order chi connectivity index (χ0) is 22.2. The molecule has 162 valence electrons. The van der Waals surface area contributed by atoms with Gasteiger partial charge in [-0.3, -0.25) is 14.4 Å². The summed E-state index contributed by atoms with van der Waals surface area (Å²) < 4.78 is 5.12. The normalized spacial score (nSPS) is 23.6. The van der Waals surface area contributed by atoms with E-state index in [4.69, 9.17) is 10.5 Å². The van der Waals surface area contributed by atoms with Gasteiger partial charge in [0.1, 0.15) is 11.3 Å². The summed E-state index contributed by atoms with van der Waals surface area (Å²) in [4.78, 5) is 38.2. The van der Waals surface area contributed by atoms with E-state index in [1.807, 2.05) is 24.3 Å². The van der Waals surface area contributed by atoms with E-state index in [0.29, 0.717) is 5.75 Å². The first-order chi connectivity index (χ1) is 14.8. The lowest BCUT2D eigenvalue weighted by Crippen LogP contribution is -2.59. The maximum Gasteiger partial charge on any atom is 0.324 e. The molecule has 31 heavy (non-hydrogen) atoms. The van der Waals surface area contributed by atoms with E-state index in [9.17, 15) is 19.5 Å². The van der Waals surface area contributed by atoms with E-state index >= 15 is 0 Å². The monoisotopic (exact) mass is 422 g/mol. The Hall–Kier alpha value is -3.19. The summed E-state index contributed by atoms with van der Waals surface area (Å²) in [6.07, 6.45) is 2.13. The highest BCUT2D eigenvalue weighted by Crippen LogP contribution is 2.50. The number of ether oxygens (including phenoxy) is 1. The first kappa shape index (κ1) is 21.1. The third-order valence-corrected chi connectivity index (χ3v) is 6.63. The van der Waals surface area contributed by atoms with Gasteiger partial charge in [-0.15, -0.1) is 0 Å². The average molecular weight is 422 g/mol. The number of Topliss-reactive ketones (excluding diaryl/α,β-unsaturated/α-hetero) is 2. The molecule has 4 N–H and O–H groups in total. The Kier molecular flexibility index (Phi) is 5.54. The van der Waals surface area contributed by atoms with E-state index in [2.05, 4.69) is 5.32 Å². The van der Waals surface area contributed by atoms with Crippen LogP contribution in [0.15, 0.2) is 48.5 Å². The predicted octanol–water partition coefficient (Wildman–Crippen LogP) is 3.00. The fourth-order valence-electron chi connectivity index (χ4n) is 5.15. The van der Waals surface area contributed by atoms with Crippen molar-refractivity contribution < 1.29 is 24.2 Å². The summed E-state index contributed by atoms with van der Waals surface area (Å²) in [5.41, 5.74) is 6.43. The number of aliphatic carboxylic acids is 1. The lowest BCUT2D eigenvalue weighted by atomic mass is 9.66. The molecule has 2 aliphatic rings. The van der Waals surface area contributed by atoms with Crippen molar-refractivity contribution in [2.45, 2.75) is 43.2 Å². The Morgan fingerprint density at radius 2 is 1.94 bits per heavy atom. The van der Waals surface area contributed by atoms with Crippen molar-refractivity contribution in [1.82, 2.24) is 0 Å². The number of benzene rings is 2. The molecule has 0 radical (unpaired) electrons. The number of para-hydroxylation sites is 1. The van der Waals surface area contributed by atoms with Gasteiger partial charge in [-0.05, 0) is 42.5 Å². The SMILES string of the molecule is COc1cccc(C(=O)C(=O)CC(N)(C(=O)O)C2c3ccccc3N[C@@H]3CCC[C@H]23)c1. The van der Waals surface area contributed by atoms with Crippen LogP contribution in [0.1, 0.15) is 47.5 Å². The number of carbonyl (C=O) groups is 3. The van der Waals surface area contributed by atoms with Crippen LogP contribution in [0.2, 0.25) is 0 Å². The van der Waals surface area contributed by atoms with E-state index < -0.39 is 35.4 Å². The van der Waals surface area contributed by atoms with Crippen LogP contribution >= 0.6 is 0 Å². The molecule has 0 bridgehead atoms. The van der Waals surface area contributed by atoms with Crippen LogP contribution in [-0.4, -0.2) is 41.3 Å². The number of anilines is 1. The van der Waals surface area contributed by atoms with Crippen LogP contribution in [0, 0.1) is 5.92 Å².